The second-order valence-electron chi connectivity index (χ2n) is 6.65. The van der Waals surface area contributed by atoms with Gasteiger partial charge in [-0.25, -0.2) is 0 Å². The van der Waals surface area contributed by atoms with Crippen LogP contribution in [0.3, 0.4) is 0 Å². The van der Waals surface area contributed by atoms with Crippen molar-refractivity contribution in [2.24, 2.45) is 0 Å². The average Bonchev–Trinajstić information content (AvgIpc) is 3.24. The van der Waals surface area contributed by atoms with Crippen LogP contribution in [0.4, 0.5) is 22.7 Å². The van der Waals surface area contributed by atoms with Crippen LogP contribution in [0.15, 0.2) is 73.1 Å². The lowest BCUT2D eigenvalue weighted by molar-refractivity contribution is 0.102. The second-order valence-corrected chi connectivity index (χ2v) is 6.65. The van der Waals surface area contributed by atoms with Crippen molar-refractivity contribution in [3.05, 3.63) is 78.6 Å². The Labute approximate surface area is 159 Å². The van der Waals surface area contributed by atoms with E-state index < -0.39 is 0 Å². The summed E-state index contributed by atoms with van der Waals surface area (Å²) in [6.07, 6.45) is 5.82. The summed E-state index contributed by atoms with van der Waals surface area (Å²) in [5.41, 5.74) is 4.29. The van der Waals surface area contributed by atoms with Gasteiger partial charge in [0.15, 0.2) is 0 Å². The summed E-state index contributed by atoms with van der Waals surface area (Å²) in [7, 11) is 0. The highest BCUT2D eigenvalue weighted by Crippen LogP contribution is 2.24. The normalized spacial score (nSPS) is 13.4. The topological polar surface area (TPSA) is 57.3 Å². The van der Waals surface area contributed by atoms with Crippen molar-refractivity contribution < 1.29 is 4.79 Å². The molecule has 0 radical (unpaired) electrons. The van der Waals surface area contributed by atoms with Crippen LogP contribution >= 0.6 is 0 Å². The van der Waals surface area contributed by atoms with E-state index in [1.807, 2.05) is 30.3 Å². The van der Waals surface area contributed by atoms with E-state index in [0.717, 1.165) is 30.2 Å². The Hall–Kier alpha value is -3.34. The predicted octanol–water partition coefficient (Wildman–Crippen LogP) is 4.68. The lowest BCUT2D eigenvalue weighted by atomic mass is 10.2. The fraction of sp³-hybridized carbons (Fsp3) is 0.182. The Bertz CT molecular complexity index is 903. The van der Waals surface area contributed by atoms with Crippen LogP contribution in [-0.2, 0) is 0 Å². The molecule has 1 aliphatic heterocycles. The molecule has 2 aromatic carbocycles. The number of hydrogen-bond donors (Lipinski definition) is 2. The zero-order valence-electron chi connectivity index (χ0n) is 15.1. The predicted molar refractivity (Wildman–Crippen MR) is 110 cm³/mol. The maximum Gasteiger partial charge on any atom is 0.257 e. The molecular formula is C22H22N4O. The minimum Gasteiger partial charge on any atom is -0.372 e. The molecule has 0 atom stereocenters. The molecule has 136 valence electrons. The number of para-hydroxylation sites is 1. The number of carbonyl (C=O) groups excluding carboxylic acids is 1. The Kier molecular flexibility index (Phi) is 5.01. The van der Waals surface area contributed by atoms with Crippen molar-refractivity contribution in [1.82, 2.24) is 4.98 Å². The largest absolute Gasteiger partial charge is 0.372 e. The number of hydrogen-bond acceptors (Lipinski definition) is 4. The minimum atomic E-state index is -0.179. The van der Waals surface area contributed by atoms with Gasteiger partial charge in [-0.2, -0.15) is 0 Å². The summed E-state index contributed by atoms with van der Waals surface area (Å²) in [5, 5.41) is 6.20. The van der Waals surface area contributed by atoms with E-state index in [0.29, 0.717) is 5.56 Å². The molecule has 0 saturated carbocycles. The molecule has 2 N–H and O–H groups in total. The van der Waals surface area contributed by atoms with Gasteiger partial charge in [0, 0.05) is 36.3 Å². The monoisotopic (exact) mass is 358 g/mol. The molecule has 2 heterocycles. The smallest absolute Gasteiger partial charge is 0.257 e. The molecule has 0 aliphatic carbocycles. The maximum atomic E-state index is 12.4. The molecule has 5 heteroatoms. The van der Waals surface area contributed by atoms with Crippen LogP contribution in [0.5, 0.6) is 0 Å². The lowest BCUT2D eigenvalue weighted by Crippen LogP contribution is -2.17. The van der Waals surface area contributed by atoms with Gasteiger partial charge in [-0.3, -0.25) is 9.78 Å². The molecule has 1 aliphatic rings. The zero-order valence-corrected chi connectivity index (χ0v) is 15.1. The molecule has 1 aromatic heterocycles. The van der Waals surface area contributed by atoms with Crippen molar-refractivity contribution in [3.8, 4) is 0 Å². The highest BCUT2D eigenvalue weighted by molar-refractivity contribution is 6.04. The summed E-state index contributed by atoms with van der Waals surface area (Å²) >= 11 is 0. The van der Waals surface area contributed by atoms with E-state index >= 15 is 0 Å². The number of amides is 1. The van der Waals surface area contributed by atoms with E-state index in [9.17, 15) is 4.79 Å². The lowest BCUT2D eigenvalue weighted by Gasteiger charge is -2.18. The van der Waals surface area contributed by atoms with Crippen LogP contribution in [0.1, 0.15) is 23.2 Å². The summed E-state index contributed by atoms with van der Waals surface area (Å²) < 4.78 is 0. The van der Waals surface area contributed by atoms with Gasteiger partial charge in [-0.1, -0.05) is 18.2 Å². The molecule has 1 saturated heterocycles. The van der Waals surface area contributed by atoms with Crippen LogP contribution in [0.2, 0.25) is 0 Å². The van der Waals surface area contributed by atoms with Crippen LogP contribution in [-0.4, -0.2) is 24.0 Å². The number of aromatic nitrogens is 1. The third kappa shape index (κ3) is 4.26. The highest BCUT2D eigenvalue weighted by Gasteiger charge is 2.12. The number of pyridine rings is 1. The molecule has 1 amide bonds. The van der Waals surface area contributed by atoms with Crippen molar-refractivity contribution >= 4 is 28.7 Å². The highest BCUT2D eigenvalue weighted by atomic mass is 16.1. The summed E-state index contributed by atoms with van der Waals surface area (Å²) in [6, 6.07) is 19.6. The van der Waals surface area contributed by atoms with Crippen molar-refractivity contribution in [2.45, 2.75) is 12.8 Å². The first-order valence-electron chi connectivity index (χ1n) is 9.21. The van der Waals surface area contributed by atoms with Crippen LogP contribution < -0.4 is 15.5 Å². The number of nitrogens with zero attached hydrogens (tertiary/aromatic N) is 2. The number of rotatable bonds is 5. The fourth-order valence-corrected chi connectivity index (χ4v) is 3.25. The number of benzene rings is 2. The molecule has 3 aromatic rings. The molecule has 4 rings (SSSR count). The first kappa shape index (κ1) is 17.1. The van der Waals surface area contributed by atoms with Gasteiger partial charge >= 0.3 is 0 Å². The Morgan fingerprint density at radius 3 is 2.33 bits per heavy atom. The standard InChI is InChI=1S/C22H22N4O/c27-22(25-18-6-2-1-3-7-18)17-14-20(16-23-15-17)24-19-8-10-21(11-9-19)26-12-4-5-13-26/h1-3,6-11,14-16,24H,4-5,12-13H2,(H,25,27). The van der Waals surface area contributed by atoms with Crippen LogP contribution in [0, 0.1) is 0 Å². The van der Waals surface area contributed by atoms with Crippen LogP contribution in [0.25, 0.3) is 0 Å². The third-order valence-electron chi connectivity index (χ3n) is 4.66. The van der Waals surface area contributed by atoms with Gasteiger partial charge in [0.2, 0.25) is 0 Å². The van der Waals surface area contributed by atoms with Crippen molar-refractivity contribution in [2.75, 3.05) is 28.6 Å². The molecule has 0 spiro atoms. The van der Waals surface area contributed by atoms with Gasteiger partial charge in [0.1, 0.15) is 0 Å². The van der Waals surface area contributed by atoms with Gasteiger partial charge < -0.3 is 15.5 Å². The quantitative estimate of drug-likeness (QED) is 0.695. The summed E-state index contributed by atoms with van der Waals surface area (Å²) in [6.45, 7) is 2.27. The van der Waals surface area contributed by atoms with Gasteiger partial charge in [0.05, 0.1) is 17.4 Å². The first-order chi connectivity index (χ1) is 13.3. The molecule has 5 nitrogen and oxygen atoms in total. The van der Waals surface area contributed by atoms with E-state index in [2.05, 4.69) is 44.8 Å². The Morgan fingerprint density at radius 2 is 1.59 bits per heavy atom. The molecular weight excluding hydrogens is 336 g/mol. The molecule has 27 heavy (non-hydrogen) atoms. The summed E-state index contributed by atoms with van der Waals surface area (Å²) in [5.74, 6) is -0.179. The number of nitrogens with one attached hydrogen (secondary N) is 2. The fourth-order valence-electron chi connectivity index (χ4n) is 3.25. The zero-order chi connectivity index (χ0) is 18.5. The first-order valence-corrected chi connectivity index (χ1v) is 9.21. The number of carbonyl (C=O) groups is 1. The second kappa shape index (κ2) is 7.91. The van der Waals surface area contributed by atoms with Gasteiger partial charge in [0.25, 0.3) is 5.91 Å². The van der Waals surface area contributed by atoms with E-state index in [-0.39, 0.29) is 5.91 Å². The van der Waals surface area contributed by atoms with Crippen molar-refractivity contribution in [3.63, 3.8) is 0 Å². The third-order valence-corrected chi connectivity index (χ3v) is 4.66. The average molecular weight is 358 g/mol. The number of anilines is 4. The molecule has 0 unspecified atom stereocenters. The van der Waals surface area contributed by atoms with E-state index in [1.165, 1.54) is 18.5 Å². The minimum absolute atomic E-state index is 0.179. The Balaban J connectivity index is 1.43. The molecule has 1 fully saturated rings. The van der Waals surface area contributed by atoms with Gasteiger partial charge in [-0.15, -0.1) is 0 Å². The van der Waals surface area contributed by atoms with Gasteiger partial charge in [-0.05, 0) is 55.3 Å². The Morgan fingerprint density at radius 1 is 0.852 bits per heavy atom. The van der Waals surface area contributed by atoms with E-state index in [4.69, 9.17) is 0 Å². The molecule has 0 bridgehead atoms. The van der Waals surface area contributed by atoms with Crippen molar-refractivity contribution in [1.29, 1.82) is 0 Å². The SMILES string of the molecule is O=C(Nc1ccccc1)c1cncc(Nc2ccc(N3CCCC3)cc2)c1. The summed E-state index contributed by atoms with van der Waals surface area (Å²) in [4.78, 5) is 19.0. The maximum absolute atomic E-state index is 12.4. The van der Waals surface area contributed by atoms with E-state index in [1.54, 1.807) is 18.5 Å².